The van der Waals surface area contributed by atoms with Gasteiger partial charge in [-0.3, -0.25) is 0 Å². The van der Waals surface area contributed by atoms with E-state index in [0.717, 1.165) is 28.9 Å². The van der Waals surface area contributed by atoms with Crippen LogP contribution in [-0.4, -0.2) is 5.11 Å². The quantitative estimate of drug-likeness (QED) is 0.803. The molecule has 0 spiro atoms. The van der Waals surface area contributed by atoms with Gasteiger partial charge >= 0.3 is 0 Å². The first-order valence-electron chi connectivity index (χ1n) is 6.06. The zero-order valence-corrected chi connectivity index (χ0v) is 11.9. The maximum Gasteiger partial charge on any atom is 0.175 e. The average molecular weight is 292 g/mol. The van der Waals surface area contributed by atoms with E-state index < -0.39 is 11.6 Å². The number of benzene rings is 2. The number of nitrogens with one attached hydrogen (secondary N) is 2. The topological polar surface area (TPSA) is 24.1 Å². The Balaban J connectivity index is 2.09. The Morgan fingerprint density at radius 3 is 2.40 bits per heavy atom. The Morgan fingerprint density at radius 2 is 1.70 bits per heavy atom. The SMILES string of the molecule is Cc1ccc(C)c(NC(=S)Nc2ccc(F)c(F)c2)c1. The molecular formula is C15H14F2N2S. The fraction of sp³-hybridized carbons (Fsp3) is 0.133. The van der Waals surface area contributed by atoms with Crippen LogP contribution in [0.4, 0.5) is 20.2 Å². The van der Waals surface area contributed by atoms with E-state index in [1.807, 2.05) is 32.0 Å². The second-order valence-corrected chi connectivity index (χ2v) is 4.93. The maximum absolute atomic E-state index is 13.1. The number of aryl methyl sites for hydroxylation is 2. The smallest absolute Gasteiger partial charge is 0.175 e. The number of thiocarbonyl (C=S) groups is 1. The van der Waals surface area contributed by atoms with Crippen molar-refractivity contribution >= 4 is 28.7 Å². The molecule has 2 nitrogen and oxygen atoms in total. The zero-order chi connectivity index (χ0) is 14.7. The Kier molecular flexibility index (Phi) is 4.29. The third kappa shape index (κ3) is 3.51. The van der Waals surface area contributed by atoms with E-state index in [9.17, 15) is 8.78 Å². The first-order chi connectivity index (χ1) is 9.45. The lowest BCUT2D eigenvalue weighted by atomic mass is 10.1. The molecule has 0 aliphatic carbocycles. The molecule has 0 aliphatic rings. The lowest BCUT2D eigenvalue weighted by Crippen LogP contribution is -2.19. The summed E-state index contributed by atoms with van der Waals surface area (Å²) in [4.78, 5) is 0. The van der Waals surface area contributed by atoms with Gasteiger partial charge in [0.05, 0.1) is 0 Å². The van der Waals surface area contributed by atoms with Crippen molar-refractivity contribution in [1.82, 2.24) is 0 Å². The Morgan fingerprint density at radius 1 is 0.950 bits per heavy atom. The first kappa shape index (κ1) is 14.4. The van der Waals surface area contributed by atoms with Gasteiger partial charge in [-0.1, -0.05) is 12.1 Å². The van der Waals surface area contributed by atoms with E-state index in [0.29, 0.717) is 10.8 Å². The predicted molar refractivity (Wildman–Crippen MR) is 82.1 cm³/mol. The number of hydrogen-bond acceptors (Lipinski definition) is 1. The molecular weight excluding hydrogens is 278 g/mol. The summed E-state index contributed by atoms with van der Waals surface area (Å²) >= 11 is 5.16. The molecule has 0 amide bonds. The third-order valence-electron chi connectivity index (χ3n) is 2.82. The van der Waals surface area contributed by atoms with Gasteiger partial charge in [-0.25, -0.2) is 8.78 Å². The minimum atomic E-state index is -0.912. The lowest BCUT2D eigenvalue weighted by Gasteiger charge is -2.13. The highest BCUT2D eigenvalue weighted by atomic mass is 32.1. The van der Waals surface area contributed by atoms with E-state index in [1.165, 1.54) is 6.07 Å². The van der Waals surface area contributed by atoms with Crippen molar-refractivity contribution < 1.29 is 8.78 Å². The third-order valence-corrected chi connectivity index (χ3v) is 3.02. The molecule has 2 rings (SSSR count). The van der Waals surface area contributed by atoms with Crippen molar-refractivity contribution in [3.63, 3.8) is 0 Å². The molecule has 0 fully saturated rings. The van der Waals surface area contributed by atoms with Crippen LogP contribution in [0, 0.1) is 25.5 Å². The summed E-state index contributed by atoms with van der Waals surface area (Å²) in [6.07, 6.45) is 0. The van der Waals surface area contributed by atoms with Crippen LogP contribution in [0.5, 0.6) is 0 Å². The van der Waals surface area contributed by atoms with Crippen LogP contribution >= 0.6 is 12.2 Å². The van der Waals surface area contributed by atoms with Crippen LogP contribution in [0.15, 0.2) is 36.4 Å². The Bertz CT molecular complexity index is 656. The summed E-state index contributed by atoms with van der Waals surface area (Å²) in [5.74, 6) is -1.80. The fourth-order valence-electron chi connectivity index (χ4n) is 1.73. The Labute approximate surface area is 121 Å². The van der Waals surface area contributed by atoms with Crippen LogP contribution in [0.3, 0.4) is 0 Å². The summed E-state index contributed by atoms with van der Waals surface area (Å²) in [6, 6.07) is 9.50. The standard InChI is InChI=1S/C15H14F2N2S/c1-9-3-4-10(2)14(7-9)19-15(20)18-11-5-6-12(16)13(17)8-11/h3-8H,1-2H3,(H2,18,19,20). The molecule has 104 valence electrons. The maximum atomic E-state index is 13.1. The van der Waals surface area contributed by atoms with E-state index in [4.69, 9.17) is 12.2 Å². The molecule has 0 saturated carbocycles. The van der Waals surface area contributed by atoms with Crippen LogP contribution in [0.25, 0.3) is 0 Å². The van der Waals surface area contributed by atoms with Crippen molar-refractivity contribution in [2.75, 3.05) is 10.6 Å². The Hall–Kier alpha value is -2.01. The van der Waals surface area contributed by atoms with E-state index in [1.54, 1.807) is 0 Å². The van der Waals surface area contributed by atoms with Crippen LogP contribution in [0.2, 0.25) is 0 Å². The van der Waals surface area contributed by atoms with Gasteiger partial charge < -0.3 is 10.6 Å². The molecule has 0 aromatic heterocycles. The van der Waals surface area contributed by atoms with Crippen molar-refractivity contribution in [3.05, 3.63) is 59.2 Å². The van der Waals surface area contributed by atoms with Gasteiger partial charge in [0.15, 0.2) is 16.7 Å². The van der Waals surface area contributed by atoms with Gasteiger partial charge in [-0.05, 0) is 55.4 Å². The highest BCUT2D eigenvalue weighted by Crippen LogP contribution is 2.18. The molecule has 0 atom stereocenters. The van der Waals surface area contributed by atoms with Crippen LogP contribution in [0.1, 0.15) is 11.1 Å². The average Bonchev–Trinajstić information content (AvgIpc) is 2.38. The normalized spacial score (nSPS) is 10.2. The van der Waals surface area contributed by atoms with Crippen molar-refractivity contribution in [2.24, 2.45) is 0 Å². The first-order valence-corrected chi connectivity index (χ1v) is 6.47. The van der Waals surface area contributed by atoms with Crippen molar-refractivity contribution in [3.8, 4) is 0 Å². The van der Waals surface area contributed by atoms with Crippen LogP contribution < -0.4 is 10.6 Å². The molecule has 2 aromatic rings. The lowest BCUT2D eigenvalue weighted by molar-refractivity contribution is 0.509. The van der Waals surface area contributed by atoms with Crippen molar-refractivity contribution in [1.29, 1.82) is 0 Å². The van der Waals surface area contributed by atoms with Gasteiger partial charge in [0.2, 0.25) is 0 Å². The number of hydrogen-bond donors (Lipinski definition) is 2. The van der Waals surface area contributed by atoms with Gasteiger partial charge in [-0.2, -0.15) is 0 Å². The molecule has 20 heavy (non-hydrogen) atoms. The molecule has 0 heterocycles. The summed E-state index contributed by atoms with van der Waals surface area (Å²) in [5.41, 5.74) is 3.43. The largest absolute Gasteiger partial charge is 0.332 e. The monoisotopic (exact) mass is 292 g/mol. The predicted octanol–water partition coefficient (Wildman–Crippen LogP) is 4.39. The zero-order valence-electron chi connectivity index (χ0n) is 11.1. The molecule has 0 unspecified atom stereocenters. The number of anilines is 2. The highest BCUT2D eigenvalue weighted by Gasteiger charge is 2.05. The van der Waals surface area contributed by atoms with Crippen molar-refractivity contribution in [2.45, 2.75) is 13.8 Å². The molecule has 5 heteroatoms. The fourth-order valence-corrected chi connectivity index (χ4v) is 1.96. The van der Waals surface area contributed by atoms with E-state index in [-0.39, 0.29) is 0 Å². The highest BCUT2D eigenvalue weighted by molar-refractivity contribution is 7.80. The molecule has 0 saturated heterocycles. The molecule has 2 aromatic carbocycles. The van der Waals surface area contributed by atoms with Gasteiger partial charge in [-0.15, -0.1) is 0 Å². The number of rotatable bonds is 2. The summed E-state index contributed by atoms with van der Waals surface area (Å²) in [7, 11) is 0. The van der Waals surface area contributed by atoms with Gasteiger partial charge in [0, 0.05) is 17.4 Å². The minimum absolute atomic E-state index is 0.324. The summed E-state index contributed by atoms with van der Waals surface area (Å²) in [6.45, 7) is 3.94. The molecule has 0 aliphatic heterocycles. The van der Waals surface area contributed by atoms with E-state index in [2.05, 4.69) is 10.6 Å². The number of halogens is 2. The van der Waals surface area contributed by atoms with Gasteiger partial charge in [0.1, 0.15) is 0 Å². The second kappa shape index (κ2) is 5.96. The van der Waals surface area contributed by atoms with Crippen LogP contribution in [-0.2, 0) is 0 Å². The molecule has 2 N–H and O–H groups in total. The summed E-state index contributed by atoms with van der Waals surface area (Å²) < 4.78 is 25.9. The van der Waals surface area contributed by atoms with E-state index >= 15 is 0 Å². The molecule has 0 bridgehead atoms. The summed E-state index contributed by atoms with van der Waals surface area (Å²) in [5, 5.41) is 6.18. The second-order valence-electron chi connectivity index (χ2n) is 4.53. The molecule has 0 radical (unpaired) electrons. The van der Waals surface area contributed by atoms with Gasteiger partial charge in [0.25, 0.3) is 0 Å². The minimum Gasteiger partial charge on any atom is -0.332 e.